The highest BCUT2D eigenvalue weighted by molar-refractivity contribution is 5.56. The Bertz CT molecular complexity index is 633. The van der Waals surface area contributed by atoms with Crippen LogP contribution in [0, 0.1) is 5.82 Å². The third kappa shape index (κ3) is 1.42. The van der Waals surface area contributed by atoms with Crippen LogP contribution in [0.5, 0.6) is 0 Å². The molecule has 0 saturated heterocycles. The second-order valence-corrected chi connectivity index (χ2v) is 3.33. The second kappa shape index (κ2) is 3.37. The molecule has 3 heterocycles. The van der Waals surface area contributed by atoms with E-state index in [1.807, 2.05) is 12.1 Å². The van der Waals surface area contributed by atoms with Crippen molar-refractivity contribution in [3.63, 3.8) is 0 Å². The lowest BCUT2D eigenvalue weighted by Gasteiger charge is -1.90. The zero-order valence-electron chi connectivity index (χ0n) is 8.21. The van der Waals surface area contributed by atoms with E-state index in [0.717, 1.165) is 5.56 Å². The van der Waals surface area contributed by atoms with E-state index in [-0.39, 0.29) is 5.82 Å². The van der Waals surface area contributed by atoms with E-state index < -0.39 is 0 Å². The van der Waals surface area contributed by atoms with Crippen molar-refractivity contribution in [3.05, 3.63) is 48.7 Å². The summed E-state index contributed by atoms with van der Waals surface area (Å²) in [6, 6.07) is 6.61. The van der Waals surface area contributed by atoms with Gasteiger partial charge in [0.25, 0.3) is 0 Å². The average Bonchev–Trinajstić information content (AvgIpc) is 2.73. The summed E-state index contributed by atoms with van der Waals surface area (Å²) in [5, 5.41) is 4.17. The maximum Gasteiger partial charge on any atom is 0.183 e. The second-order valence-electron chi connectivity index (χ2n) is 3.33. The van der Waals surface area contributed by atoms with E-state index >= 15 is 0 Å². The molecule has 0 bridgehead atoms. The largest absolute Gasteiger partial charge is 0.264 e. The Kier molecular flexibility index (Phi) is 1.89. The van der Waals surface area contributed by atoms with E-state index in [9.17, 15) is 4.39 Å². The first-order valence-corrected chi connectivity index (χ1v) is 4.75. The summed E-state index contributed by atoms with van der Waals surface area (Å²) in [5.74, 6) is 0.203. The monoisotopic (exact) mass is 214 g/mol. The fourth-order valence-corrected chi connectivity index (χ4v) is 1.48. The van der Waals surface area contributed by atoms with Crippen molar-refractivity contribution < 1.29 is 4.39 Å². The molecular formula is C11H7FN4. The van der Waals surface area contributed by atoms with Crippen molar-refractivity contribution in [1.29, 1.82) is 0 Å². The van der Waals surface area contributed by atoms with E-state index in [1.54, 1.807) is 18.5 Å². The van der Waals surface area contributed by atoms with Gasteiger partial charge in [0, 0.05) is 18.0 Å². The van der Waals surface area contributed by atoms with Crippen molar-refractivity contribution in [2.75, 3.05) is 0 Å². The van der Waals surface area contributed by atoms with Gasteiger partial charge in [0.1, 0.15) is 5.82 Å². The fourth-order valence-electron chi connectivity index (χ4n) is 1.48. The minimum absolute atomic E-state index is 0.338. The fraction of sp³-hybridized carbons (Fsp3) is 0. The summed E-state index contributed by atoms with van der Waals surface area (Å²) in [4.78, 5) is 8.25. The van der Waals surface area contributed by atoms with E-state index in [2.05, 4.69) is 15.1 Å². The number of nitrogens with zero attached hydrogens (tertiary/aromatic N) is 4. The Morgan fingerprint density at radius 3 is 2.94 bits per heavy atom. The smallest absolute Gasteiger partial charge is 0.183 e. The first kappa shape index (κ1) is 8.96. The van der Waals surface area contributed by atoms with Gasteiger partial charge in [-0.3, -0.25) is 4.98 Å². The Labute approximate surface area is 90.4 Å². The minimum Gasteiger partial charge on any atom is -0.264 e. The lowest BCUT2D eigenvalue weighted by atomic mass is 10.3. The number of fused-ring (bicyclic) bond motifs is 1. The summed E-state index contributed by atoms with van der Waals surface area (Å²) in [5.41, 5.74) is 1.42. The summed E-state index contributed by atoms with van der Waals surface area (Å²) < 4.78 is 14.4. The van der Waals surface area contributed by atoms with Crippen molar-refractivity contribution in [2.24, 2.45) is 0 Å². The number of hydrogen-bond donors (Lipinski definition) is 0. The van der Waals surface area contributed by atoms with Gasteiger partial charge in [-0.05, 0) is 24.3 Å². The topological polar surface area (TPSA) is 43.1 Å². The zero-order chi connectivity index (χ0) is 11.0. The van der Waals surface area contributed by atoms with Crippen molar-refractivity contribution in [1.82, 2.24) is 19.6 Å². The molecule has 5 heteroatoms. The summed E-state index contributed by atoms with van der Waals surface area (Å²) >= 11 is 0. The Balaban J connectivity index is 2.19. The van der Waals surface area contributed by atoms with Gasteiger partial charge in [-0.25, -0.2) is 13.9 Å². The van der Waals surface area contributed by atoms with E-state index in [0.29, 0.717) is 11.5 Å². The SMILES string of the molecule is Fc1ccc2nc(-c3cccnc3)nn2c1. The summed E-state index contributed by atoms with van der Waals surface area (Å²) in [6.45, 7) is 0. The van der Waals surface area contributed by atoms with Crippen LogP contribution in [0.4, 0.5) is 4.39 Å². The van der Waals surface area contributed by atoms with Crippen LogP contribution in [-0.2, 0) is 0 Å². The molecule has 0 fully saturated rings. The minimum atomic E-state index is -0.338. The predicted octanol–water partition coefficient (Wildman–Crippen LogP) is 1.93. The Morgan fingerprint density at radius 2 is 2.12 bits per heavy atom. The molecular weight excluding hydrogens is 207 g/mol. The van der Waals surface area contributed by atoms with Crippen molar-refractivity contribution in [2.45, 2.75) is 0 Å². The third-order valence-electron chi connectivity index (χ3n) is 2.21. The van der Waals surface area contributed by atoms with Gasteiger partial charge in [0.2, 0.25) is 0 Å². The number of rotatable bonds is 1. The van der Waals surface area contributed by atoms with Gasteiger partial charge >= 0.3 is 0 Å². The standard InChI is InChI=1S/C11H7FN4/c12-9-3-4-10-14-11(15-16(10)7-9)8-2-1-5-13-6-8/h1-7H. The number of halogens is 1. The van der Waals surface area contributed by atoms with Gasteiger partial charge < -0.3 is 0 Å². The van der Waals surface area contributed by atoms with Crippen LogP contribution in [0.25, 0.3) is 17.0 Å². The molecule has 0 saturated carbocycles. The van der Waals surface area contributed by atoms with Crippen LogP contribution in [0.1, 0.15) is 0 Å². The normalized spacial score (nSPS) is 10.8. The molecule has 0 N–H and O–H groups in total. The van der Waals surface area contributed by atoms with Crippen molar-refractivity contribution in [3.8, 4) is 11.4 Å². The van der Waals surface area contributed by atoms with Crippen LogP contribution in [-0.4, -0.2) is 19.6 Å². The molecule has 0 aliphatic rings. The van der Waals surface area contributed by atoms with Gasteiger partial charge in [-0.2, -0.15) is 0 Å². The molecule has 0 aliphatic carbocycles. The molecule has 4 nitrogen and oxygen atoms in total. The molecule has 16 heavy (non-hydrogen) atoms. The van der Waals surface area contributed by atoms with Gasteiger partial charge in [0.05, 0.1) is 6.20 Å². The molecule has 0 aromatic carbocycles. The van der Waals surface area contributed by atoms with Crippen LogP contribution in [0.15, 0.2) is 42.9 Å². The first-order chi connectivity index (χ1) is 7.83. The summed E-state index contributed by atoms with van der Waals surface area (Å²) in [6.07, 6.45) is 4.65. The first-order valence-electron chi connectivity index (χ1n) is 4.75. The lowest BCUT2D eigenvalue weighted by molar-refractivity contribution is 0.615. The predicted molar refractivity (Wildman–Crippen MR) is 56.2 cm³/mol. The Hall–Kier alpha value is -2.30. The molecule has 0 atom stereocenters. The molecule has 0 radical (unpaired) electrons. The van der Waals surface area contributed by atoms with Gasteiger partial charge in [-0.15, -0.1) is 5.10 Å². The quantitative estimate of drug-likeness (QED) is 0.621. The molecule has 78 valence electrons. The average molecular weight is 214 g/mol. The maximum atomic E-state index is 12.9. The molecule has 0 unspecified atom stereocenters. The number of aromatic nitrogens is 4. The van der Waals surface area contributed by atoms with Crippen molar-refractivity contribution >= 4 is 5.65 Å². The van der Waals surface area contributed by atoms with E-state index in [4.69, 9.17) is 0 Å². The highest BCUT2D eigenvalue weighted by atomic mass is 19.1. The van der Waals surface area contributed by atoms with Crippen LogP contribution >= 0.6 is 0 Å². The van der Waals surface area contributed by atoms with Crippen LogP contribution in [0.3, 0.4) is 0 Å². The van der Waals surface area contributed by atoms with Crippen LogP contribution in [0.2, 0.25) is 0 Å². The highest BCUT2D eigenvalue weighted by Gasteiger charge is 2.06. The zero-order valence-corrected chi connectivity index (χ0v) is 8.21. The third-order valence-corrected chi connectivity index (χ3v) is 2.21. The molecule has 3 aromatic rings. The summed E-state index contributed by atoms with van der Waals surface area (Å²) in [7, 11) is 0. The van der Waals surface area contributed by atoms with Gasteiger partial charge in [-0.1, -0.05) is 0 Å². The number of pyridine rings is 2. The highest BCUT2D eigenvalue weighted by Crippen LogP contribution is 2.14. The molecule has 0 amide bonds. The van der Waals surface area contributed by atoms with Gasteiger partial charge in [0.15, 0.2) is 11.5 Å². The molecule has 0 spiro atoms. The van der Waals surface area contributed by atoms with E-state index in [1.165, 1.54) is 16.8 Å². The van der Waals surface area contributed by atoms with Crippen LogP contribution < -0.4 is 0 Å². The molecule has 3 aromatic heterocycles. The Morgan fingerprint density at radius 1 is 1.19 bits per heavy atom. The molecule has 3 rings (SSSR count). The maximum absolute atomic E-state index is 12.9. The molecule has 0 aliphatic heterocycles. The lowest BCUT2D eigenvalue weighted by Crippen LogP contribution is -1.88. The number of hydrogen-bond acceptors (Lipinski definition) is 3.